The predicted molar refractivity (Wildman–Crippen MR) is 121 cm³/mol. The Bertz CT molecular complexity index is 1240. The summed E-state index contributed by atoms with van der Waals surface area (Å²) in [5.74, 6) is 0.375. The zero-order valence-electron chi connectivity index (χ0n) is 17.9. The van der Waals surface area contributed by atoms with Crippen LogP contribution in [0.15, 0.2) is 82.3 Å². The number of nitrogens with zero attached hydrogens (tertiary/aromatic N) is 3. The van der Waals surface area contributed by atoms with Crippen LogP contribution >= 0.6 is 0 Å². The van der Waals surface area contributed by atoms with Gasteiger partial charge in [-0.2, -0.15) is 9.57 Å². The maximum Gasteiger partial charge on any atom is 0.243 e. The first-order valence-electron chi connectivity index (χ1n) is 10.6. The Morgan fingerprint density at radius 2 is 1.91 bits per heavy atom. The molecule has 1 unspecified atom stereocenters. The van der Waals surface area contributed by atoms with E-state index in [1.807, 2.05) is 47.4 Å². The fraction of sp³-hybridized carbons (Fsp3) is 0.250. The molecular weight excluding hydrogens is 440 g/mol. The lowest BCUT2D eigenvalue weighted by molar-refractivity contribution is -0.126. The lowest BCUT2D eigenvalue weighted by atomic mass is 10.1. The molecule has 3 aromatic rings. The topological polar surface area (TPSA) is 107 Å². The van der Waals surface area contributed by atoms with Crippen molar-refractivity contribution >= 4 is 15.9 Å². The first kappa shape index (κ1) is 22.7. The zero-order valence-corrected chi connectivity index (χ0v) is 18.7. The van der Waals surface area contributed by atoms with Gasteiger partial charge >= 0.3 is 0 Å². The molecule has 0 bridgehead atoms. The summed E-state index contributed by atoms with van der Waals surface area (Å²) < 4.78 is 33.6. The number of hydrogen-bond donors (Lipinski definition) is 1. The molecule has 2 aromatic carbocycles. The van der Waals surface area contributed by atoms with E-state index >= 15 is 0 Å². The van der Waals surface area contributed by atoms with E-state index in [0.717, 1.165) is 11.3 Å². The molecule has 1 N–H and O–H groups in total. The molecule has 0 saturated carbocycles. The predicted octanol–water partition coefficient (Wildman–Crippen LogP) is 2.34. The van der Waals surface area contributed by atoms with Gasteiger partial charge in [0, 0.05) is 26.2 Å². The second kappa shape index (κ2) is 10.0. The first-order chi connectivity index (χ1) is 16.0. The van der Waals surface area contributed by atoms with Crippen LogP contribution in [-0.4, -0.2) is 49.2 Å². The highest BCUT2D eigenvalue weighted by molar-refractivity contribution is 7.89. The fourth-order valence-corrected chi connectivity index (χ4v) is 5.47. The van der Waals surface area contributed by atoms with Gasteiger partial charge in [0.1, 0.15) is 11.8 Å². The number of carbonyl (C=O) groups is 1. The Balaban J connectivity index is 1.58. The maximum atomic E-state index is 13.5. The van der Waals surface area contributed by atoms with E-state index in [2.05, 4.69) is 5.32 Å². The van der Waals surface area contributed by atoms with Crippen molar-refractivity contribution in [2.75, 3.05) is 19.6 Å². The van der Waals surface area contributed by atoms with Crippen LogP contribution in [0.4, 0.5) is 0 Å². The molecule has 1 fully saturated rings. The average Bonchev–Trinajstić information content (AvgIpc) is 3.36. The molecule has 0 spiro atoms. The van der Waals surface area contributed by atoms with E-state index in [9.17, 15) is 18.5 Å². The van der Waals surface area contributed by atoms with E-state index in [1.54, 1.807) is 18.4 Å². The highest BCUT2D eigenvalue weighted by Crippen LogP contribution is 2.23. The van der Waals surface area contributed by atoms with Crippen LogP contribution < -0.4 is 5.32 Å². The lowest BCUT2D eigenvalue weighted by Gasteiger charge is -2.39. The monoisotopic (exact) mass is 464 g/mol. The number of nitriles is 1. The normalized spacial score (nSPS) is 17.4. The molecule has 9 heteroatoms. The molecule has 4 rings (SSSR count). The van der Waals surface area contributed by atoms with Gasteiger partial charge in [-0.25, -0.2) is 8.42 Å². The Morgan fingerprint density at radius 1 is 1.09 bits per heavy atom. The van der Waals surface area contributed by atoms with Gasteiger partial charge in [0.2, 0.25) is 15.9 Å². The number of sulfonamides is 1. The highest BCUT2D eigenvalue weighted by Gasteiger charge is 2.40. The molecule has 2 heterocycles. The van der Waals surface area contributed by atoms with Gasteiger partial charge < -0.3 is 9.73 Å². The summed E-state index contributed by atoms with van der Waals surface area (Å²) in [7, 11) is -3.99. The second-order valence-electron chi connectivity index (χ2n) is 7.79. The van der Waals surface area contributed by atoms with Crippen LogP contribution in [0.3, 0.4) is 0 Å². The summed E-state index contributed by atoms with van der Waals surface area (Å²) in [6.45, 7) is 1.58. The number of nitrogens with one attached hydrogen (secondary N) is 1. The molecule has 8 nitrogen and oxygen atoms in total. The van der Waals surface area contributed by atoms with E-state index in [0.29, 0.717) is 19.6 Å². The minimum Gasteiger partial charge on any atom is -0.468 e. The molecule has 1 aliphatic rings. The van der Waals surface area contributed by atoms with E-state index < -0.39 is 16.1 Å². The highest BCUT2D eigenvalue weighted by atomic mass is 32.2. The van der Waals surface area contributed by atoms with Gasteiger partial charge in [0.05, 0.1) is 29.3 Å². The number of amides is 1. The summed E-state index contributed by atoms with van der Waals surface area (Å²) in [4.78, 5) is 15.2. The number of hydrogen-bond acceptors (Lipinski definition) is 6. The van der Waals surface area contributed by atoms with Crippen LogP contribution in [0, 0.1) is 11.3 Å². The van der Waals surface area contributed by atoms with Crippen LogP contribution in [0.1, 0.15) is 16.9 Å². The third-order valence-corrected chi connectivity index (χ3v) is 7.46. The van der Waals surface area contributed by atoms with Crippen molar-refractivity contribution in [3.05, 3.63) is 89.9 Å². The zero-order chi connectivity index (χ0) is 23.3. The molecule has 33 heavy (non-hydrogen) atoms. The molecule has 1 aromatic heterocycles. The molecule has 170 valence electrons. The summed E-state index contributed by atoms with van der Waals surface area (Å²) in [5.41, 5.74) is 1.17. The molecule has 1 saturated heterocycles. The van der Waals surface area contributed by atoms with E-state index in [1.165, 1.54) is 22.5 Å². The van der Waals surface area contributed by atoms with Crippen LogP contribution in [0.25, 0.3) is 0 Å². The number of carbonyl (C=O) groups excluding carboxylic acids is 1. The molecule has 1 aliphatic heterocycles. The minimum absolute atomic E-state index is 0.00175. The van der Waals surface area contributed by atoms with Crippen molar-refractivity contribution in [3.63, 3.8) is 0 Å². The Morgan fingerprint density at radius 3 is 2.64 bits per heavy atom. The number of rotatable bonds is 7. The summed E-state index contributed by atoms with van der Waals surface area (Å²) in [6, 6.07) is 20.0. The Kier molecular flexibility index (Phi) is 6.89. The Labute approximate surface area is 193 Å². The smallest absolute Gasteiger partial charge is 0.243 e. The quantitative estimate of drug-likeness (QED) is 0.575. The average molecular weight is 465 g/mol. The molecular formula is C24H24N4O4S. The van der Waals surface area contributed by atoms with Gasteiger partial charge in [-0.3, -0.25) is 9.69 Å². The van der Waals surface area contributed by atoms with E-state index in [4.69, 9.17) is 4.42 Å². The lowest BCUT2D eigenvalue weighted by Crippen LogP contribution is -2.60. The third-order valence-electron chi connectivity index (χ3n) is 5.56. The third kappa shape index (κ3) is 5.31. The SMILES string of the molecule is N#Cc1cccc(S(=O)(=O)N2CCN(Cc3ccco3)CC2C(=O)NCc2ccccc2)c1. The van der Waals surface area contributed by atoms with Crippen LogP contribution in [-0.2, 0) is 27.9 Å². The number of piperazine rings is 1. The van der Waals surface area contributed by atoms with E-state index in [-0.39, 0.29) is 29.5 Å². The molecule has 1 atom stereocenters. The van der Waals surface area contributed by atoms with Gasteiger partial charge in [-0.15, -0.1) is 0 Å². The molecule has 0 radical (unpaired) electrons. The minimum atomic E-state index is -3.99. The van der Waals surface area contributed by atoms with Crippen molar-refractivity contribution < 1.29 is 17.6 Å². The first-order valence-corrected chi connectivity index (χ1v) is 12.0. The number of furan rings is 1. The van der Waals surface area contributed by atoms with Gasteiger partial charge in [-0.1, -0.05) is 36.4 Å². The largest absolute Gasteiger partial charge is 0.468 e. The summed E-state index contributed by atoms with van der Waals surface area (Å²) in [6.07, 6.45) is 1.59. The van der Waals surface area contributed by atoms with Crippen molar-refractivity contribution in [2.45, 2.75) is 24.0 Å². The second-order valence-corrected chi connectivity index (χ2v) is 9.68. The van der Waals surface area contributed by atoms with Gasteiger partial charge in [-0.05, 0) is 35.9 Å². The number of benzene rings is 2. The van der Waals surface area contributed by atoms with Gasteiger partial charge in [0.15, 0.2) is 0 Å². The van der Waals surface area contributed by atoms with Crippen molar-refractivity contribution in [3.8, 4) is 6.07 Å². The maximum absolute atomic E-state index is 13.5. The van der Waals surface area contributed by atoms with Gasteiger partial charge in [0.25, 0.3) is 0 Å². The Hall–Kier alpha value is -3.45. The fourth-order valence-electron chi connectivity index (χ4n) is 3.86. The standard InChI is InChI=1S/C24H24N4O4S/c25-15-20-8-4-10-22(14-20)33(30,31)28-12-11-27(17-21-9-5-13-32-21)18-23(28)24(29)26-16-19-6-2-1-3-7-19/h1-10,13-14,23H,11-12,16-18H2,(H,26,29). The molecule has 0 aliphatic carbocycles. The van der Waals surface area contributed by atoms with Crippen molar-refractivity contribution in [1.82, 2.24) is 14.5 Å². The van der Waals surface area contributed by atoms with Crippen LogP contribution in [0.5, 0.6) is 0 Å². The van der Waals surface area contributed by atoms with Crippen LogP contribution in [0.2, 0.25) is 0 Å². The summed E-state index contributed by atoms with van der Waals surface area (Å²) >= 11 is 0. The molecule has 1 amide bonds. The van der Waals surface area contributed by atoms with Crippen molar-refractivity contribution in [1.29, 1.82) is 5.26 Å². The summed E-state index contributed by atoms with van der Waals surface area (Å²) in [5, 5.41) is 12.1. The van der Waals surface area contributed by atoms with Crippen molar-refractivity contribution in [2.24, 2.45) is 0 Å².